The van der Waals surface area contributed by atoms with E-state index >= 15 is 0 Å². The fraction of sp³-hybridized carbons (Fsp3) is 1.00. The lowest BCUT2D eigenvalue weighted by atomic mass is 9.43. The van der Waals surface area contributed by atoms with E-state index in [0.29, 0.717) is 43.8 Å². The molecule has 0 aromatic carbocycles. The largest absolute Gasteiger partial charge is 0.393 e. The van der Waals surface area contributed by atoms with Crippen LogP contribution in [-0.2, 0) is 9.47 Å². The molecule has 1 heterocycles. The van der Waals surface area contributed by atoms with Gasteiger partial charge in [-0.05, 0) is 87.4 Å². The van der Waals surface area contributed by atoms with Crippen molar-refractivity contribution >= 4 is 0 Å². The predicted octanol–water partition coefficient (Wildman–Crippen LogP) is 2.85. The zero-order valence-electron chi connectivity index (χ0n) is 17.7. The number of hydrogen-bond acceptors (Lipinski definition) is 5. The lowest BCUT2D eigenvalue weighted by Gasteiger charge is -2.63. The first kappa shape index (κ1) is 19.7. The van der Waals surface area contributed by atoms with Crippen molar-refractivity contribution in [1.82, 2.24) is 0 Å². The van der Waals surface area contributed by atoms with Gasteiger partial charge in [-0.3, -0.25) is 0 Å². The Morgan fingerprint density at radius 1 is 0.893 bits per heavy atom. The van der Waals surface area contributed by atoms with Crippen LogP contribution in [0.25, 0.3) is 0 Å². The van der Waals surface area contributed by atoms with Crippen LogP contribution in [0.2, 0.25) is 0 Å². The molecule has 0 radical (unpaired) electrons. The Morgan fingerprint density at radius 2 is 1.61 bits per heavy atom. The summed E-state index contributed by atoms with van der Waals surface area (Å²) in [6.07, 6.45) is 6.67. The molecule has 0 spiro atoms. The quantitative estimate of drug-likeness (QED) is 0.637. The van der Waals surface area contributed by atoms with Crippen molar-refractivity contribution in [3.05, 3.63) is 0 Å². The Kier molecular flexibility index (Phi) is 4.35. The molecule has 4 saturated carbocycles. The third kappa shape index (κ3) is 2.31. The SMILES string of the molecule is CC1([C@@]2(O)CC[C@H]3[C@@H]4CC[C@H]5C[C@H](O)CC[C@]5(C)[C@H]4[C@H](O)C[C@@]32C)OCCO1. The van der Waals surface area contributed by atoms with E-state index in [9.17, 15) is 15.3 Å². The van der Waals surface area contributed by atoms with Gasteiger partial charge in [0.1, 0.15) is 5.60 Å². The monoisotopic (exact) mass is 394 g/mol. The van der Waals surface area contributed by atoms with Gasteiger partial charge < -0.3 is 24.8 Å². The van der Waals surface area contributed by atoms with Gasteiger partial charge in [-0.15, -0.1) is 0 Å². The fourth-order valence-corrected chi connectivity index (χ4v) is 8.86. The van der Waals surface area contributed by atoms with Gasteiger partial charge in [0.05, 0.1) is 25.4 Å². The highest BCUT2D eigenvalue weighted by Crippen LogP contribution is 2.70. The molecule has 5 heteroatoms. The van der Waals surface area contributed by atoms with E-state index in [1.54, 1.807) is 0 Å². The average molecular weight is 395 g/mol. The summed E-state index contributed by atoms with van der Waals surface area (Å²) in [6, 6.07) is 0. The van der Waals surface area contributed by atoms with Crippen LogP contribution in [0.4, 0.5) is 0 Å². The molecule has 1 aliphatic heterocycles. The van der Waals surface area contributed by atoms with Gasteiger partial charge in [0, 0.05) is 5.41 Å². The second-order valence-electron chi connectivity index (χ2n) is 11.2. The molecule has 0 aromatic rings. The van der Waals surface area contributed by atoms with Gasteiger partial charge in [-0.1, -0.05) is 13.8 Å². The molecule has 9 atom stereocenters. The minimum Gasteiger partial charge on any atom is -0.393 e. The lowest BCUT2D eigenvalue weighted by molar-refractivity contribution is -0.307. The smallest absolute Gasteiger partial charge is 0.195 e. The third-order valence-electron chi connectivity index (χ3n) is 10.3. The van der Waals surface area contributed by atoms with E-state index in [0.717, 1.165) is 38.5 Å². The zero-order chi connectivity index (χ0) is 19.9. The van der Waals surface area contributed by atoms with Crippen molar-refractivity contribution in [2.45, 2.75) is 95.7 Å². The summed E-state index contributed by atoms with van der Waals surface area (Å²) < 4.78 is 11.9. The highest BCUT2D eigenvalue weighted by atomic mass is 16.7. The molecule has 5 nitrogen and oxygen atoms in total. The number of hydrogen-bond donors (Lipinski definition) is 3. The summed E-state index contributed by atoms with van der Waals surface area (Å²) in [5.74, 6) is 0.636. The summed E-state index contributed by atoms with van der Waals surface area (Å²) in [4.78, 5) is 0. The fourth-order valence-electron chi connectivity index (χ4n) is 8.86. The number of ether oxygens (including phenoxy) is 2. The van der Waals surface area contributed by atoms with Crippen LogP contribution in [0.1, 0.15) is 72.1 Å². The molecule has 3 N–H and O–H groups in total. The first-order valence-corrected chi connectivity index (χ1v) is 11.5. The van der Waals surface area contributed by atoms with Gasteiger partial charge >= 0.3 is 0 Å². The molecular formula is C23H38O5. The van der Waals surface area contributed by atoms with Crippen molar-refractivity contribution in [2.75, 3.05) is 13.2 Å². The molecule has 1 saturated heterocycles. The average Bonchev–Trinajstić information content (AvgIpc) is 3.19. The summed E-state index contributed by atoms with van der Waals surface area (Å²) >= 11 is 0. The minimum absolute atomic E-state index is 0.105. The van der Waals surface area contributed by atoms with Gasteiger partial charge in [0.15, 0.2) is 5.79 Å². The molecular weight excluding hydrogens is 356 g/mol. The maximum Gasteiger partial charge on any atom is 0.195 e. The molecule has 0 amide bonds. The zero-order valence-corrected chi connectivity index (χ0v) is 17.7. The molecule has 4 aliphatic carbocycles. The first-order chi connectivity index (χ1) is 13.1. The summed E-state index contributed by atoms with van der Waals surface area (Å²) in [5.41, 5.74) is -1.36. The first-order valence-electron chi connectivity index (χ1n) is 11.5. The van der Waals surface area contributed by atoms with Crippen molar-refractivity contribution < 1.29 is 24.8 Å². The second-order valence-corrected chi connectivity index (χ2v) is 11.2. The molecule has 0 unspecified atom stereocenters. The van der Waals surface area contributed by atoms with Crippen LogP contribution in [-0.4, -0.2) is 52.1 Å². The minimum atomic E-state index is -1.06. The second kappa shape index (κ2) is 6.16. The van der Waals surface area contributed by atoms with E-state index in [4.69, 9.17) is 9.47 Å². The number of rotatable bonds is 1. The van der Waals surface area contributed by atoms with Crippen molar-refractivity contribution in [1.29, 1.82) is 0 Å². The van der Waals surface area contributed by atoms with E-state index < -0.39 is 22.9 Å². The number of fused-ring (bicyclic) bond motifs is 5. The Morgan fingerprint density at radius 3 is 2.32 bits per heavy atom. The highest BCUT2D eigenvalue weighted by molar-refractivity contribution is 5.19. The lowest BCUT2D eigenvalue weighted by Crippen LogP contribution is -2.66. The van der Waals surface area contributed by atoms with Crippen molar-refractivity contribution in [3.63, 3.8) is 0 Å². The van der Waals surface area contributed by atoms with Crippen molar-refractivity contribution in [2.24, 2.45) is 34.5 Å². The van der Waals surface area contributed by atoms with E-state index in [-0.39, 0.29) is 17.4 Å². The molecule has 0 aromatic heterocycles. The van der Waals surface area contributed by atoms with Gasteiger partial charge in [0.25, 0.3) is 0 Å². The Bertz CT molecular complexity index is 632. The highest BCUT2D eigenvalue weighted by Gasteiger charge is 2.72. The molecule has 5 aliphatic rings. The van der Waals surface area contributed by atoms with Crippen LogP contribution >= 0.6 is 0 Å². The Labute approximate surface area is 168 Å². The Balaban J connectivity index is 1.50. The van der Waals surface area contributed by atoms with E-state index in [1.807, 2.05) is 6.92 Å². The normalized spacial score (nSPS) is 58.1. The van der Waals surface area contributed by atoms with E-state index in [1.165, 1.54) is 0 Å². The number of aliphatic hydroxyl groups excluding tert-OH is 2. The molecule has 5 fully saturated rings. The maximum absolute atomic E-state index is 11.9. The summed E-state index contributed by atoms with van der Waals surface area (Å²) in [7, 11) is 0. The predicted molar refractivity (Wildman–Crippen MR) is 104 cm³/mol. The van der Waals surface area contributed by atoms with Gasteiger partial charge in [-0.2, -0.15) is 0 Å². The third-order valence-corrected chi connectivity index (χ3v) is 10.3. The topological polar surface area (TPSA) is 79.2 Å². The molecule has 28 heavy (non-hydrogen) atoms. The van der Waals surface area contributed by atoms with Crippen LogP contribution in [0.3, 0.4) is 0 Å². The van der Waals surface area contributed by atoms with Crippen LogP contribution < -0.4 is 0 Å². The molecule has 5 rings (SSSR count). The van der Waals surface area contributed by atoms with E-state index in [2.05, 4.69) is 13.8 Å². The Hall–Kier alpha value is -0.200. The maximum atomic E-state index is 11.9. The van der Waals surface area contributed by atoms with Crippen molar-refractivity contribution in [3.8, 4) is 0 Å². The summed E-state index contributed by atoms with van der Waals surface area (Å²) in [5, 5.41) is 33.7. The van der Waals surface area contributed by atoms with Gasteiger partial charge in [-0.25, -0.2) is 0 Å². The van der Waals surface area contributed by atoms with Gasteiger partial charge in [0.2, 0.25) is 0 Å². The molecule has 160 valence electrons. The summed E-state index contributed by atoms with van der Waals surface area (Å²) in [6.45, 7) is 7.50. The molecule has 0 bridgehead atoms. The standard InChI is InChI=1S/C23H38O5/c1-20-8-6-15(24)12-14(20)4-5-16-17-7-9-23(26,22(3)27-10-11-28-22)21(17,2)13-18(25)19(16)20/h14-19,24-26H,4-13H2,1-3H3/t14-,15+,16-,17-,18+,19+,20-,21-,23+/m0/s1. The van der Waals surface area contributed by atoms with Crippen LogP contribution in [0.15, 0.2) is 0 Å². The van der Waals surface area contributed by atoms with Crippen LogP contribution in [0, 0.1) is 34.5 Å². The number of aliphatic hydroxyl groups is 3. The van der Waals surface area contributed by atoms with Crippen LogP contribution in [0.5, 0.6) is 0 Å².